The Bertz CT molecular complexity index is 589. The van der Waals surface area contributed by atoms with Gasteiger partial charge >= 0.3 is 0 Å². The Hall–Kier alpha value is -1.63. The molecular formula is C22H29N. The van der Waals surface area contributed by atoms with Gasteiger partial charge in [-0.2, -0.15) is 0 Å². The second-order valence-corrected chi connectivity index (χ2v) is 7.03. The summed E-state index contributed by atoms with van der Waals surface area (Å²) in [5.74, 6) is 1.70. The molecule has 0 N–H and O–H groups in total. The summed E-state index contributed by atoms with van der Waals surface area (Å²) in [4.78, 5) is 4.73. The maximum atomic E-state index is 4.73. The van der Waals surface area contributed by atoms with Crippen LogP contribution >= 0.6 is 0 Å². The lowest BCUT2D eigenvalue weighted by molar-refractivity contribution is 0.308. The van der Waals surface area contributed by atoms with Crippen LogP contribution in [-0.4, -0.2) is 4.98 Å². The molecule has 0 amide bonds. The van der Waals surface area contributed by atoms with Gasteiger partial charge in [0, 0.05) is 11.8 Å². The Morgan fingerprint density at radius 2 is 1.65 bits per heavy atom. The summed E-state index contributed by atoms with van der Waals surface area (Å²) in [5, 5.41) is 0. The van der Waals surface area contributed by atoms with Gasteiger partial charge in [0.25, 0.3) is 0 Å². The van der Waals surface area contributed by atoms with E-state index in [-0.39, 0.29) is 0 Å². The van der Waals surface area contributed by atoms with E-state index in [1.807, 2.05) is 0 Å². The summed E-state index contributed by atoms with van der Waals surface area (Å²) < 4.78 is 0. The van der Waals surface area contributed by atoms with Gasteiger partial charge in [0.05, 0.1) is 5.69 Å². The lowest BCUT2D eigenvalue weighted by atomic mass is 9.77. The van der Waals surface area contributed by atoms with Crippen molar-refractivity contribution in [3.05, 3.63) is 53.7 Å². The fourth-order valence-electron chi connectivity index (χ4n) is 3.92. The molecule has 1 aromatic heterocycles. The normalized spacial score (nSPS) is 21.3. The van der Waals surface area contributed by atoms with Crippen LogP contribution in [0.25, 0.3) is 11.3 Å². The van der Waals surface area contributed by atoms with Gasteiger partial charge in [-0.25, -0.2) is 0 Å². The van der Waals surface area contributed by atoms with Gasteiger partial charge in [-0.3, -0.25) is 4.98 Å². The highest BCUT2D eigenvalue weighted by molar-refractivity contribution is 5.59. The van der Waals surface area contributed by atoms with Crippen molar-refractivity contribution in [1.29, 1.82) is 0 Å². The van der Waals surface area contributed by atoms with Gasteiger partial charge in [-0.05, 0) is 61.1 Å². The number of aromatic nitrogens is 1. The zero-order valence-electron chi connectivity index (χ0n) is 14.6. The summed E-state index contributed by atoms with van der Waals surface area (Å²) in [6.07, 6.45) is 11.5. The third-order valence-corrected chi connectivity index (χ3v) is 5.46. The molecule has 1 aliphatic rings. The molecule has 0 unspecified atom stereocenters. The molecule has 0 aliphatic heterocycles. The second-order valence-electron chi connectivity index (χ2n) is 7.03. The number of nitrogens with zero attached hydrogens (tertiary/aromatic N) is 1. The van der Waals surface area contributed by atoms with E-state index < -0.39 is 0 Å². The van der Waals surface area contributed by atoms with Gasteiger partial charge in [0.1, 0.15) is 0 Å². The van der Waals surface area contributed by atoms with Crippen molar-refractivity contribution in [2.24, 2.45) is 5.92 Å². The standard InChI is InChI=1S/C22H29N/c1-3-5-18-8-10-19(11-9-18)21-14-15-22(23-16-21)20-12-6-17(4-2)7-13-20/h6-7,12-16,18-19H,3-5,8-11H2,1-2H3. The van der Waals surface area contributed by atoms with E-state index in [1.54, 1.807) is 0 Å². The molecule has 1 heteroatoms. The van der Waals surface area contributed by atoms with Gasteiger partial charge < -0.3 is 0 Å². The van der Waals surface area contributed by atoms with Crippen molar-refractivity contribution in [2.45, 2.75) is 64.7 Å². The van der Waals surface area contributed by atoms with E-state index in [0.717, 1.165) is 24.0 Å². The van der Waals surface area contributed by atoms with Crippen molar-refractivity contribution >= 4 is 0 Å². The van der Waals surface area contributed by atoms with Gasteiger partial charge in [0.2, 0.25) is 0 Å². The number of pyridine rings is 1. The predicted octanol–water partition coefficient (Wildman–Crippen LogP) is 6.38. The fraction of sp³-hybridized carbons (Fsp3) is 0.500. The molecule has 1 aromatic carbocycles. The molecule has 1 fully saturated rings. The first-order valence-electron chi connectivity index (χ1n) is 9.35. The highest BCUT2D eigenvalue weighted by atomic mass is 14.7. The van der Waals surface area contributed by atoms with Crippen LogP contribution in [0, 0.1) is 5.92 Å². The SMILES string of the molecule is CCCC1CCC(c2ccc(-c3ccc(CC)cc3)nc2)CC1. The zero-order chi connectivity index (χ0) is 16.1. The Balaban J connectivity index is 1.65. The first kappa shape index (κ1) is 16.2. The maximum absolute atomic E-state index is 4.73. The van der Waals surface area contributed by atoms with Crippen molar-refractivity contribution in [1.82, 2.24) is 4.98 Å². The Morgan fingerprint density at radius 1 is 0.913 bits per heavy atom. The smallest absolute Gasteiger partial charge is 0.0702 e. The Morgan fingerprint density at radius 3 is 2.22 bits per heavy atom. The molecule has 1 aliphatic carbocycles. The van der Waals surface area contributed by atoms with Crippen LogP contribution in [0.5, 0.6) is 0 Å². The molecular weight excluding hydrogens is 278 g/mol. The third-order valence-electron chi connectivity index (χ3n) is 5.46. The Labute approximate surface area is 141 Å². The number of benzene rings is 1. The molecule has 0 spiro atoms. The predicted molar refractivity (Wildman–Crippen MR) is 98.7 cm³/mol. The van der Waals surface area contributed by atoms with E-state index in [0.29, 0.717) is 0 Å². The molecule has 0 atom stereocenters. The van der Waals surface area contributed by atoms with Crippen LogP contribution < -0.4 is 0 Å². The van der Waals surface area contributed by atoms with Crippen LogP contribution in [0.3, 0.4) is 0 Å². The highest BCUT2D eigenvalue weighted by Crippen LogP contribution is 2.37. The molecule has 1 heterocycles. The molecule has 0 bridgehead atoms. The van der Waals surface area contributed by atoms with E-state index in [2.05, 4.69) is 56.4 Å². The van der Waals surface area contributed by atoms with Crippen molar-refractivity contribution in [3.8, 4) is 11.3 Å². The topological polar surface area (TPSA) is 12.9 Å². The average Bonchev–Trinajstić information content (AvgIpc) is 2.63. The highest BCUT2D eigenvalue weighted by Gasteiger charge is 2.21. The van der Waals surface area contributed by atoms with Crippen molar-refractivity contribution < 1.29 is 0 Å². The zero-order valence-corrected chi connectivity index (χ0v) is 14.6. The van der Waals surface area contributed by atoms with Crippen LogP contribution in [0.15, 0.2) is 42.6 Å². The first-order valence-corrected chi connectivity index (χ1v) is 9.35. The molecule has 2 aromatic rings. The van der Waals surface area contributed by atoms with Crippen LogP contribution in [-0.2, 0) is 6.42 Å². The lowest BCUT2D eigenvalue weighted by Crippen LogP contribution is -2.13. The first-order chi connectivity index (χ1) is 11.3. The van der Waals surface area contributed by atoms with Crippen molar-refractivity contribution in [3.63, 3.8) is 0 Å². The minimum absolute atomic E-state index is 0.729. The van der Waals surface area contributed by atoms with Crippen LogP contribution in [0.1, 0.15) is 69.4 Å². The second kappa shape index (κ2) is 7.77. The van der Waals surface area contributed by atoms with Crippen LogP contribution in [0.2, 0.25) is 0 Å². The molecule has 23 heavy (non-hydrogen) atoms. The summed E-state index contributed by atoms with van der Waals surface area (Å²) in [7, 11) is 0. The summed E-state index contributed by atoms with van der Waals surface area (Å²) in [6, 6.07) is 13.3. The van der Waals surface area contributed by atoms with Crippen LogP contribution in [0.4, 0.5) is 0 Å². The summed E-state index contributed by atoms with van der Waals surface area (Å²) in [5.41, 5.74) is 5.14. The lowest BCUT2D eigenvalue weighted by Gasteiger charge is -2.28. The van der Waals surface area contributed by atoms with E-state index in [4.69, 9.17) is 4.98 Å². The summed E-state index contributed by atoms with van der Waals surface area (Å²) >= 11 is 0. The summed E-state index contributed by atoms with van der Waals surface area (Å²) in [6.45, 7) is 4.50. The molecule has 0 radical (unpaired) electrons. The minimum atomic E-state index is 0.729. The van der Waals surface area contributed by atoms with E-state index in [9.17, 15) is 0 Å². The number of aryl methyl sites for hydroxylation is 1. The number of rotatable bonds is 5. The van der Waals surface area contributed by atoms with E-state index >= 15 is 0 Å². The van der Waals surface area contributed by atoms with Gasteiger partial charge in [0.15, 0.2) is 0 Å². The molecule has 1 saturated carbocycles. The Kier molecular flexibility index (Phi) is 5.48. The van der Waals surface area contributed by atoms with Gasteiger partial charge in [-0.1, -0.05) is 57.0 Å². The monoisotopic (exact) mass is 307 g/mol. The number of hydrogen-bond acceptors (Lipinski definition) is 1. The molecule has 1 nitrogen and oxygen atoms in total. The number of hydrogen-bond donors (Lipinski definition) is 0. The van der Waals surface area contributed by atoms with Gasteiger partial charge in [-0.15, -0.1) is 0 Å². The largest absolute Gasteiger partial charge is 0.256 e. The quantitative estimate of drug-likeness (QED) is 0.624. The average molecular weight is 307 g/mol. The minimum Gasteiger partial charge on any atom is -0.256 e. The third kappa shape index (κ3) is 4.02. The molecule has 3 rings (SSSR count). The fourth-order valence-corrected chi connectivity index (χ4v) is 3.92. The molecule has 122 valence electrons. The van der Waals surface area contributed by atoms with Crippen molar-refractivity contribution in [2.75, 3.05) is 0 Å². The molecule has 0 saturated heterocycles. The van der Waals surface area contributed by atoms with E-state index in [1.165, 1.54) is 55.2 Å². The maximum Gasteiger partial charge on any atom is 0.0702 e.